The van der Waals surface area contributed by atoms with Gasteiger partial charge in [-0.05, 0) is 17.3 Å². The summed E-state index contributed by atoms with van der Waals surface area (Å²) in [5.74, 6) is 0. The predicted octanol–water partition coefficient (Wildman–Crippen LogP) is 3.19. The second-order valence-electron chi connectivity index (χ2n) is 2.51. The minimum Gasteiger partial charge on any atom is -0.237 e. The average molecular weight is 255 g/mol. The van der Waals surface area contributed by atoms with E-state index in [1.54, 1.807) is 0 Å². The summed E-state index contributed by atoms with van der Waals surface area (Å²) in [6, 6.07) is 0. The summed E-state index contributed by atoms with van der Waals surface area (Å²) >= 11 is 2.41. The second kappa shape index (κ2) is 9.69. The number of hydrogen-bond acceptors (Lipinski definition) is 0. The smallest absolute Gasteiger partial charge is 0.0822 e. The van der Waals surface area contributed by atoms with Gasteiger partial charge in [0.25, 0.3) is 0 Å². The normalized spacial score (nSPS) is 10.2. The number of unbranched alkanes of at least 4 members (excludes halogenated alkanes) is 5. The maximum atomic E-state index is 10.0. The van der Waals surface area contributed by atoms with Crippen LogP contribution in [0.5, 0.6) is 0 Å². The van der Waals surface area contributed by atoms with E-state index in [1.807, 2.05) is 0 Å². The van der Waals surface area contributed by atoms with Gasteiger partial charge in [0.1, 0.15) is 0 Å². The third-order valence-electron chi connectivity index (χ3n) is 1.53. The van der Waals surface area contributed by atoms with Crippen molar-refractivity contribution in [3.63, 3.8) is 0 Å². The molecule has 0 fully saturated rings. The van der Waals surface area contributed by atoms with Crippen LogP contribution in [0, 0.1) is 0 Å². The number of hydrogen-bond donors (Lipinski definition) is 0. The Kier molecular flexibility index (Phi) is 10.4. The molecule has 0 aromatic heterocycles. The van der Waals surface area contributed by atoms with E-state index in [-0.39, 0.29) is 6.61 Å². The van der Waals surface area contributed by atoms with Gasteiger partial charge in [0, 0.05) is 0 Å². The van der Waals surface area contributed by atoms with Gasteiger partial charge in [-0.3, -0.25) is 0 Å². The molecule has 0 atom stereocenters. The molecule has 0 heterocycles. The largest absolute Gasteiger partial charge is 0.237 e. The van der Waals surface area contributed by atoms with Crippen LogP contribution in [0.15, 0.2) is 0 Å². The molecule has 0 unspecified atom stereocenters. The summed E-state index contributed by atoms with van der Waals surface area (Å²) in [5.41, 5.74) is 0. The zero-order chi connectivity index (χ0) is 7.66. The zero-order valence-electron chi connectivity index (χ0n) is 6.44. The van der Waals surface area contributed by atoms with Gasteiger partial charge in [0.15, 0.2) is 0 Å². The van der Waals surface area contributed by atoms with Crippen molar-refractivity contribution in [2.75, 3.05) is 11.0 Å². The predicted molar refractivity (Wildman–Crippen MR) is 52.1 cm³/mol. The molecular formula is C8H16IO. The van der Waals surface area contributed by atoms with E-state index in [9.17, 15) is 5.11 Å². The van der Waals surface area contributed by atoms with Gasteiger partial charge in [-0.2, -0.15) is 0 Å². The van der Waals surface area contributed by atoms with Crippen LogP contribution in [0.2, 0.25) is 0 Å². The lowest BCUT2D eigenvalue weighted by atomic mass is 10.1. The fraction of sp³-hybridized carbons (Fsp3) is 1.00. The van der Waals surface area contributed by atoms with Crippen LogP contribution in [0.3, 0.4) is 0 Å². The van der Waals surface area contributed by atoms with Gasteiger partial charge in [-0.1, -0.05) is 48.3 Å². The van der Waals surface area contributed by atoms with E-state index in [0.29, 0.717) is 0 Å². The van der Waals surface area contributed by atoms with Crippen molar-refractivity contribution in [1.82, 2.24) is 0 Å². The van der Waals surface area contributed by atoms with Gasteiger partial charge < -0.3 is 0 Å². The summed E-state index contributed by atoms with van der Waals surface area (Å²) in [5, 5.41) is 10.0. The Morgan fingerprint density at radius 3 is 1.80 bits per heavy atom. The fourth-order valence-electron chi connectivity index (χ4n) is 0.904. The van der Waals surface area contributed by atoms with E-state index in [4.69, 9.17) is 0 Å². The van der Waals surface area contributed by atoms with E-state index in [1.165, 1.54) is 30.1 Å². The van der Waals surface area contributed by atoms with Crippen molar-refractivity contribution in [3.8, 4) is 0 Å². The van der Waals surface area contributed by atoms with Crippen LogP contribution in [-0.4, -0.2) is 11.0 Å². The van der Waals surface area contributed by atoms with E-state index in [2.05, 4.69) is 22.6 Å². The van der Waals surface area contributed by atoms with E-state index >= 15 is 0 Å². The molecule has 1 nitrogen and oxygen atoms in total. The van der Waals surface area contributed by atoms with Gasteiger partial charge in [-0.15, -0.1) is 0 Å². The number of halogens is 1. The fourth-order valence-corrected chi connectivity index (χ4v) is 1.44. The Labute approximate surface area is 77.3 Å². The number of rotatable bonds is 7. The Bertz CT molecular complexity index is 49.2. The highest BCUT2D eigenvalue weighted by Gasteiger charge is 1.88. The monoisotopic (exact) mass is 255 g/mol. The standard InChI is InChI=1S/C8H16IO/c9-7-5-3-1-2-4-6-8-10/h1-8H2. The molecule has 0 saturated heterocycles. The minimum absolute atomic E-state index is 0.117. The van der Waals surface area contributed by atoms with Gasteiger partial charge >= 0.3 is 0 Å². The summed E-state index contributed by atoms with van der Waals surface area (Å²) in [7, 11) is 0. The number of alkyl halides is 1. The first-order chi connectivity index (χ1) is 4.91. The van der Waals surface area contributed by atoms with Crippen LogP contribution < -0.4 is 0 Å². The molecule has 0 aromatic carbocycles. The van der Waals surface area contributed by atoms with E-state index < -0.39 is 0 Å². The maximum Gasteiger partial charge on any atom is 0.0822 e. The van der Waals surface area contributed by atoms with E-state index in [0.717, 1.165) is 12.8 Å². The lowest BCUT2D eigenvalue weighted by molar-refractivity contribution is 0.186. The van der Waals surface area contributed by atoms with Gasteiger partial charge in [0.2, 0.25) is 0 Å². The molecule has 0 N–H and O–H groups in total. The molecule has 0 bridgehead atoms. The van der Waals surface area contributed by atoms with Crippen LogP contribution in [0.1, 0.15) is 38.5 Å². The molecule has 0 aliphatic carbocycles. The molecule has 0 spiro atoms. The highest BCUT2D eigenvalue weighted by atomic mass is 127. The molecule has 10 heavy (non-hydrogen) atoms. The van der Waals surface area contributed by atoms with Gasteiger partial charge in [-0.25, -0.2) is 5.11 Å². The SMILES string of the molecule is [O]CCCCCCCCI. The first-order valence-corrected chi connectivity index (χ1v) is 5.58. The second-order valence-corrected chi connectivity index (χ2v) is 3.59. The molecule has 0 saturated carbocycles. The average Bonchev–Trinajstić information content (AvgIpc) is 1.97. The summed E-state index contributed by atoms with van der Waals surface area (Å²) in [6.07, 6.45) is 7.30. The maximum absolute atomic E-state index is 10.0. The highest BCUT2D eigenvalue weighted by Crippen LogP contribution is 2.05. The topological polar surface area (TPSA) is 19.9 Å². The molecular weight excluding hydrogens is 239 g/mol. The Morgan fingerprint density at radius 2 is 1.30 bits per heavy atom. The van der Waals surface area contributed by atoms with Crippen molar-refractivity contribution in [3.05, 3.63) is 0 Å². The molecule has 61 valence electrons. The van der Waals surface area contributed by atoms with Crippen LogP contribution in [0.4, 0.5) is 0 Å². The molecule has 1 radical (unpaired) electrons. The third-order valence-corrected chi connectivity index (χ3v) is 2.29. The zero-order valence-corrected chi connectivity index (χ0v) is 8.60. The summed E-state index contributed by atoms with van der Waals surface area (Å²) < 4.78 is 1.28. The van der Waals surface area contributed by atoms with Gasteiger partial charge in [0.05, 0.1) is 6.61 Å². The van der Waals surface area contributed by atoms with Crippen molar-refractivity contribution in [2.45, 2.75) is 38.5 Å². The van der Waals surface area contributed by atoms with Crippen LogP contribution in [0.25, 0.3) is 0 Å². The minimum atomic E-state index is 0.117. The molecule has 0 rings (SSSR count). The highest BCUT2D eigenvalue weighted by molar-refractivity contribution is 14.1. The van der Waals surface area contributed by atoms with Crippen molar-refractivity contribution >= 4 is 22.6 Å². The molecule has 0 amide bonds. The molecule has 0 aliphatic rings. The van der Waals surface area contributed by atoms with Crippen molar-refractivity contribution in [2.24, 2.45) is 0 Å². The summed E-state index contributed by atoms with van der Waals surface area (Å²) in [6.45, 7) is 0.117. The first-order valence-electron chi connectivity index (χ1n) is 4.06. The molecule has 2 heteroatoms. The first kappa shape index (κ1) is 10.7. The molecule has 0 aromatic rings. The van der Waals surface area contributed by atoms with Crippen LogP contribution in [-0.2, 0) is 5.11 Å². The lowest BCUT2D eigenvalue weighted by Gasteiger charge is -1.96. The summed E-state index contributed by atoms with van der Waals surface area (Å²) in [4.78, 5) is 0. The Morgan fingerprint density at radius 1 is 0.800 bits per heavy atom. The lowest BCUT2D eigenvalue weighted by Crippen LogP contribution is -1.82. The van der Waals surface area contributed by atoms with Crippen molar-refractivity contribution < 1.29 is 5.11 Å². The molecule has 0 aliphatic heterocycles. The Balaban J connectivity index is 2.65. The quantitative estimate of drug-likeness (QED) is 0.378. The van der Waals surface area contributed by atoms with Crippen molar-refractivity contribution in [1.29, 1.82) is 0 Å². The Hall–Kier alpha value is 0.690. The third kappa shape index (κ3) is 8.69. The van der Waals surface area contributed by atoms with Crippen LogP contribution >= 0.6 is 22.6 Å².